The van der Waals surface area contributed by atoms with Crippen LogP contribution in [0.1, 0.15) is 12.5 Å². The first-order chi connectivity index (χ1) is 11.7. The summed E-state index contributed by atoms with van der Waals surface area (Å²) in [6.07, 6.45) is 1.63. The molecule has 1 N–H and O–H groups in total. The normalized spacial score (nSPS) is 10.5. The maximum absolute atomic E-state index is 4.61. The molecule has 0 fully saturated rings. The molecule has 1 aromatic heterocycles. The maximum atomic E-state index is 4.61. The number of para-hydroxylation sites is 1. The van der Waals surface area contributed by atoms with Crippen LogP contribution in [0.15, 0.2) is 59.2 Å². The molecule has 0 amide bonds. The third-order valence-electron chi connectivity index (χ3n) is 3.62. The zero-order valence-corrected chi connectivity index (χ0v) is 15.2. The Kier molecular flexibility index (Phi) is 5.05. The number of aryl methyl sites for hydroxylation is 1. The number of anilines is 4. The van der Waals surface area contributed by atoms with Gasteiger partial charge in [0.15, 0.2) is 5.82 Å². The lowest BCUT2D eigenvalue weighted by Gasteiger charge is -2.20. The summed E-state index contributed by atoms with van der Waals surface area (Å²) in [6, 6.07) is 16.1. The van der Waals surface area contributed by atoms with Crippen molar-refractivity contribution < 1.29 is 0 Å². The van der Waals surface area contributed by atoms with E-state index in [0.29, 0.717) is 11.8 Å². The molecule has 1 heterocycles. The van der Waals surface area contributed by atoms with Crippen molar-refractivity contribution in [2.24, 2.45) is 0 Å². The Balaban J connectivity index is 1.88. The molecule has 0 radical (unpaired) electrons. The Hall–Kier alpha value is -2.47. The van der Waals surface area contributed by atoms with Crippen molar-refractivity contribution in [3.05, 3.63) is 64.8 Å². The lowest BCUT2D eigenvalue weighted by Crippen LogP contribution is -2.19. The van der Waals surface area contributed by atoms with Gasteiger partial charge in [0.25, 0.3) is 5.95 Å². The van der Waals surface area contributed by atoms with Crippen molar-refractivity contribution in [2.45, 2.75) is 13.8 Å². The summed E-state index contributed by atoms with van der Waals surface area (Å²) < 4.78 is 1.05. The van der Waals surface area contributed by atoms with Crippen LogP contribution in [0.2, 0.25) is 0 Å². The second-order valence-corrected chi connectivity index (χ2v) is 6.22. The predicted octanol–water partition coefficient (Wildman–Crippen LogP) is 4.84. The van der Waals surface area contributed by atoms with Gasteiger partial charge in [-0.15, -0.1) is 5.10 Å². The van der Waals surface area contributed by atoms with Crippen LogP contribution in [0.4, 0.5) is 23.1 Å². The highest BCUT2D eigenvalue weighted by molar-refractivity contribution is 9.10. The number of benzene rings is 2. The molecule has 0 aliphatic rings. The first-order valence-corrected chi connectivity index (χ1v) is 8.52. The number of nitrogens with zero attached hydrogens (tertiary/aromatic N) is 4. The monoisotopic (exact) mass is 383 g/mol. The van der Waals surface area contributed by atoms with Crippen LogP contribution >= 0.6 is 15.9 Å². The predicted molar refractivity (Wildman–Crippen MR) is 101 cm³/mol. The van der Waals surface area contributed by atoms with Crippen molar-refractivity contribution in [3.63, 3.8) is 0 Å². The van der Waals surface area contributed by atoms with E-state index in [1.807, 2.05) is 54.3 Å². The third-order valence-corrected chi connectivity index (χ3v) is 4.12. The van der Waals surface area contributed by atoms with Gasteiger partial charge in [-0.2, -0.15) is 10.1 Å². The quantitative estimate of drug-likeness (QED) is 0.682. The van der Waals surface area contributed by atoms with Crippen LogP contribution in [0.5, 0.6) is 0 Å². The first kappa shape index (κ1) is 16.4. The van der Waals surface area contributed by atoms with E-state index in [-0.39, 0.29) is 0 Å². The molecule has 0 spiro atoms. The molecule has 3 rings (SSSR count). The van der Waals surface area contributed by atoms with Gasteiger partial charge in [0.1, 0.15) is 0 Å². The molecule has 0 bridgehead atoms. The lowest BCUT2D eigenvalue weighted by molar-refractivity contribution is 0.887. The van der Waals surface area contributed by atoms with E-state index in [2.05, 4.69) is 49.4 Å². The van der Waals surface area contributed by atoms with E-state index in [4.69, 9.17) is 0 Å². The first-order valence-electron chi connectivity index (χ1n) is 7.73. The van der Waals surface area contributed by atoms with Crippen LogP contribution in [-0.2, 0) is 0 Å². The summed E-state index contributed by atoms with van der Waals surface area (Å²) in [4.78, 5) is 6.63. The Labute approximate surface area is 149 Å². The number of hydrogen-bond donors (Lipinski definition) is 1. The lowest BCUT2D eigenvalue weighted by atomic mass is 10.2. The fraction of sp³-hybridized carbons (Fsp3) is 0.167. The van der Waals surface area contributed by atoms with Gasteiger partial charge in [-0.25, -0.2) is 0 Å². The fourth-order valence-electron chi connectivity index (χ4n) is 2.42. The van der Waals surface area contributed by atoms with Gasteiger partial charge >= 0.3 is 0 Å². The smallest absolute Gasteiger partial charge is 0.251 e. The molecule has 122 valence electrons. The van der Waals surface area contributed by atoms with Gasteiger partial charge in [0.2, 0.25) is 0 Å². The average Bonchev–Trinajstić information content (AvgIpc) is 2.60. The second-order valence-electron chi connectivity index (χ2n) is 5.31. The van der Waals surface area contributed by atoms with Crippen LogP contribution in [0.3, 0.4) is 0 Å². The maximum Gasteiger partial charge on any atom is 0.251 e. The second kappa shape index (κ2) is 7.40. The van der Waals surface area contributed by atoms with Crippen LogP contribution in [0, 0.1) is 6.92 Å². The van der Waals surface area contributed by atoms with Gasteiger partial charge in [-0.05, 0) is 49.7 Å². The number of nitrogens with one attached hydrogen (secondary N) is 1. The molecule has 24 heavy (non-hydrogen) atoms. The minimum Gasteiger partial charge on any atom is -0.339 e. The third kappa shape index (κ3) is 3.71. The number of halogens is 1. The van der Waals surface area contributed by atoms with Crippen molar-refractivity contribution in [1.82, 2.24) is 15.2 Å². The molecule has 2 aromatic carbocycles. The van der Waals surface area contributed by atoms with Gasteiger partial charge in [-0.1, -0.05) is 34.1 Å². The Morgan fingerprint density at radius 1 is 1.12 bits per heavy atom. The SMILES string of the molecule is CCN(c1ccccc1)c1nncc(Nc2ccc(Br)cc2C)n1. The van der Waals surface area contributed by atoms with Crippen molar-refractivity contribution >= 4 is 39.1 Å². The minimum atomic E-state index is 0.573. The molecule has 0 atom stereocenters. The molecule has 0 aliphatic carbocycles. The van der Waals surface area contributed by atoms with E-state index in [9.17, 15) is 0 Å². The summed E-state index contributed by atoms with van der Waals surface area (Å²) in [5.41, 5.74) is 3.16. The van der Waals surface area contributed by atoms with E-state index in [1.165, 1.54) is 0 Å². The molecule has 0 unspecified atom stereocenters. The van der Waals surface area contributed by atoms with Crippen molar-refractivity contribution in [3.8, 4) is 0 Å². The molecule has 6 heteroatoms. The number of aromatic nitrogens is 3. The van der Waals surface area contributed by atoms with Gasteiger partial charge in [-0.3, -0.25) is 0 Å². The zero-order valence-electron chi connectivity index (χ0n) is 13.6. The molecular weight excluding hydrogens is 366 g/mol. The summed E-state index contributed by atoms with van der Waals surface area (Å²) in [5.74, 6) is 1.24. The molecule has 3 aromatic rings. The van der Waals surface area contributed by atoms with Crippen LogP contribution in [0.25, 0.3) is 0 Å². The Bertz CT molecular complexity index is 823. The molecule has 0 aliphatic heterocycles. The van der Waals surface area contributed by atoms with Crippen molar-refractivity contribution in [2.75, 3.05) is 16.8 Å². The van der Waals surface area contributed by atoms with Crippen LogP contribution in [-0.4, -0.2) is 21.7 Å². The number of hydrogen-bond acceptors (Lipinski definition) is 5. The van der Waals surface area contributed by atoms with E-state index >= 15 is 0 Å². The molecule has 5 nitrogen and oxygen atoms in total. The van der Waals surface area contributed by atoms with E-state index < -0.39 is 0 Å². The summed E-state index contributed by atoms with van der Waals surface area (Å²) in [5, 5.41) is 11.6. The standard InChI is InChI=1S/C18H18BrN5/c1-3-24(15-7-5-4-6-8-15)18-22-17(12-20-23-18)21-16-10-9-14(19)11-13(16)2/h4-12H,3H2,1-2H3,(H,21,22,23). The Morgan fingerprint density at radius 3 is 2.62 bits per heavy atom. The molecule has 0 saturated heterocycles. The van der Waals surface area contributed by atoms with Gasteiger partial charge in [0, 0.05) is 22.4 Å². The highest BCUT2D eigenvalue weighted by Crippen LogP contribution is 2.25. The average molecular weight is 384 g/mol. The minimum absolute atomic E-state index is 0.573. The Morgan fingerprint density at radius 2 is 1.92 bits per heavy atom. The van der Waals surface area contributed by atoms with Crippen LogP contribution < -0.4 is 10.2 Å². The highest BCUT2D eigenvalue weighted by atomic mass is 79.9. The zero-order chi connectivity index (χ0) is 16.9. The largest absolute Gasteiger partial charge is 0.339 e. The summed E-state index contributed by atoms with van der Waals surface area (Å²) >= 11 is 3.48. The number of rotatable bonds is 5. The van der Waals surface area contributed by atoms with Gasteiger partial charge in [0.05, 0.1) is 6.20 Å². The fourth-order valence-corrected chi connectivity index (χ4v) is 2.90. The van der Waals surface area contributed by atoms with Crippen molar-refractivity contribution in [1.29, 1.82) is 0 Å². The topological polar surface area (TPSA) is 53.9 Å². The molecule has 0 saturated carbocycles. The summed E-state index contributed by atoms with van der Waals surface area (Å²) in [7, 11) is 0. The molecular formula is C18H18BrN5. The van der Waals surface area contributed by atoms with Gasteiger partial charge < -0.3 is 10.2 Å². The van der Waals surface area contributed by atoms with E-state index in [0.717, 1.165) is 28.0 Å². The van der Waals surface area contributed by atoms with E-state index in [1.54, 1.807) is 6.20 Å². The highest BCUT2D eigenvalue weighted by Gasteiger charge is 2.11. The summed E-state index contributed by atoms with van der Waals surface area (Å²) in [6.45, 7) is 4.87.